The van der Waals surface area contributed by atoms with E-state index in [-0.39, 0.29) is 6.61 Å². The van der Waals surface area contributed by atoms with Gasteiger partial charge in [0.25, 0.3) is 0 Å². The molecule has 0 bridgehead atoms. The van der Waals surface area contributed by atoms with Crippen molar-refractivity contribution in [3.8, 4) is 11.4 Å². The Morgan fingerprint density at radius 3 is 2.64 bits per heavy atom. The summed E-state index contributed by atoms with van der Waals surface area (Å²) >= 11 is 0. The van der Waals surface area contributed by atoms with E-state index in [0.29, 0.717) is 29.8 Å². The second kappa shape index (κ2) is 5.85. The van der Waals surface area contributed by atoms with Crippen molar-refractivity contribution in [2.24, 2.45) is 0 Å². The van der Waals surface area contributed by atoms with Gasteiger partial charge in [-0.2, -0.15) is 0 Å². The van der Waals surface area contributed by atoms with Crippen molar-refractivity contribution in [1.82, 2.24) is 9.55 Å². The molecule has 2 aromatic carbocycles. The number of imidazole rings is 1. The number of rotatable bonds is 4. The first-order valence-corrected chi connectivity index (χ1v) is 7.13. The maximum atomic E-state index is 13.6. The number of aliphatic hydroxyl groups is 1. The van der Waals surface area contributed by atoms with Crippen LogP contribution >= 0.6 is 0 Å². The molecule has 0 saturated heterocycles. The highest BCUT2D eigenvalue weighted by molar-refractivity contribution is 5.81. The number of hydrogen-bond acceptors (Lipinski definition) is 2. The fourth-order valence-electron chi connectivity index (χ4n) is 2.58. The van der Waals surface area contributed by atoms with Gasteiger partial charge in [0.15, 0.2) is 11.6 Å². The molecule has 1 aromatic heterocycles. The standard InChI is InChI=1S/C17H16F2N2O/c1-11-4-2-5-12(8-11)17-20-15-9-13(18)14(19)10-16(15)21(17)6-3-7-22/h2,4-5,8-10,22H,3,6-7H2,1H3. The van der Waals surface area contributed by atoms with Crippen LogP contribution in [-0.2, 0) is 6.54 Å². The first-order valence-electron chi connectivity index (χ1n) is 7.13. The Hall–Kier alpha value is -2.27. The molecule has 1 N–H and O–H groups in total. The van der Waals surface area contributed by atoms with Crippen LogP contribution < -0.4 is 0 Å². The molecule has 3 rings (SSSR count). The quantitative estimate of drug-likeness (QED) is 0.798. The van der Waals surface area contributed by atoms with E-state index in [9.17, 15) is 8.78 Å². The van der Waals surface area contributed by atoms with Crippen LogP contribution in [0.5, 0.6) is 0 Å². The first kappa shape index (κ1) is 14.7. The number of benzene rings is 2. The Labute approximate surface area is 126 Å². The molecule has 0 aliphatic carbocycles. The van der Waals surface area contributed by atoms with Crippen LogP contribution in [0.4, 0.5) is 8.78 Å². The number of halogens is 2. The van der Waals surface area contributed by atoms with Crippen molar-refractivity contribution in [2.45, 2.75) is 19.9 Å². The number of aliphatic hydroxyl groups excluding tert-OH is 1. The molecule has 1 heterocycles. The fraction of sp³-hybridized carbons (Fsp3) is 0.235. The average molecular weight is 302 g/mol. The van der Waals surface area contributed by atoms with Gasteiger partial charge in [0.05, 0.1) is 11.0 Å². The predicted octanol–water partition coefficient (Wildman–Crippen LogP) is 3.67. The van der Waals surface area contributed by atoms with Crippen molar-refractivity contribution in [2.75, 3.05) is 6.61 Å². The van der Waals surface area contributed by atoms with Crippen LogP contribution in [0.25, 0.3) is 22.4 Å². The summed E-state index contributed by atoms with van der Waals surface area (Å²) in [5.74, 6) is -1.15. The number of aromatic nitrogens is 2. The maximum Gasteiger partial charge on any atom is 0.161 e. The van der Waals surface area contributed by atoms with Crippen molar-refractivity contribution < 1.29 is 13.9 Å². The van der Waals surface area contributed by atoms with Crippen LogP contribution in [-0.4, -0.2) is 21.3 Å². The average Bonchev–Trinajstić information content (AvgIpc) is 2.83. The van der Waals surface area contributed by atoms with Crippen LogP contribution in [0.15, 0.2) is 36.4 Å². The molecule has 0 aliphatic heterocycles. The molecule has 0 aliphatic rings. The van der Waals surface area contributed by atoms with Gasteiger partial charge in [-0.05, 0) is 19.4 Å². The fourth-order valence-corrected chi connectivity index (χ4v) is 2.58. The molecule has 0 saturated carbocycles. The smallest absolute Gasteiger partial charge is 0.161 e. The summed E-state index contributed by atoms with van der Waals surface area (Å²) in [7, 11) is 0. The number of nitrogens with zero attached hydrogens (tertiary/aromatic N) is 2. The Kier molecular flexibility index (Phi) is 3.90. The van der Waals surface area contributed by atoms with E-state index >= 15 is 0 Å². The Morgan fingerprint density at radius 1 is 1.14 bits per heavy atom. The van der Waals surface area contributed by atoms with Crippen LogP contribution in [0.1, 0.15) is 12.0 Å². The number of aryl methyl sites for hydroxylation is 2. The molecule has 0 spiro atoms. The number of hydrogen-bond donors (Lipinski definition) is 1. The van der Waals surface area contributed by atoms with Gasteiger partial charge in [0.2, 0.25) is 0 Å². The molecule has 0 unspecified atom stereocenters. The SMILES string of the molecule is Cc1cccc(-c2nc3cc(F)c(F)cc3n2CCCO)c1. The summed E-state index contributed by atoms with van der Waals surface area (Å²) in [4.78, 5) is 4.45. The minimum absolute atomic E-state index is 0.0244. The van der Waals surface area contributed by atoms with E-state index in [4.69, 9.17) is 5.11 Å². The zero-order valence-electron chi connectivity index (χ0n) is 12.2. The van der Waals surface area contributed by atoms with Crippen LogP contribution in [0.2, 0.25) is 0 Å². The van der Waals surface area contributed by atoms with Gasteiger partial charge >= 0.3 is 0 Å². The van der Waals surface area contributed by atoms with Gasteiger partial charge in [-0.25, -0.2) is 13.8 Å². The van der Waals surface area contributed by atoms with Gasteiger partial charge in [0, 0.05) is 30.8 Å². The van der Waals surface area contributed by atoms with Crippen molar-refractivity contribution in [3.63, 3.8) is 0 Å². The number of fused-ring (bicyclic) bond motifs is 1. The van der Waals surface area contributed by atoms with E-state index in [0.717, 1.165) is 23.3 Å². The summed E-state index contributed by atoms with van der Waals surface area (Å²) in [6.07, 6.45) is 0.517. The molecular formula is C17H16F2N2O. The van der Waals surface area contributed by atoms with E-state index in [1.165, 1.54) is 0 Å². The third-order valence-electron chi connectivity index (χ3n) is 3.61. The summed E-state index contributed by atoms with van der Waals surface area (Å²) in [5.41, 5.74) is 2.91. The summed E-state index contributed by atoms with van der Waals surface area (Å²) < 4.78 is 28.8. The lowest BCUT2D eigenvalue weighted by Gasteiger charge is -2.09. The van der Waals surface area contributed by atoms with E-state index in [1.54, 1.807) is 0 Å². The molecule has 3 aromatic rings. The van der Waals surface area contributed by atoms with Gasteiger partial charge in [-0.15, -0.1) is 0 Å². The van der Waals surface area contributed by atoms with E-state index in [1.807, 2.05) is 35.8 Å². The zero-order chi connectivity index (χ0) is 15.7. The molecule has 114 valence electrons. The van der Waals surface area contributed by atoms with Crippen molar-refractivity contribution in [1.29, 1.82) is 0 Å². The minimum atomic E-state index is -0.907. The molecule has 0 fully saturated rings. The van der Waals surface area contributed by atoms with Gasteiger partial charge < -0.3 is 9.67 Å². The molecule has 0 amide bonds. The second-order valence-corrected chi connectivity index (χ2v) is 5.29. The summed E-state index contributed by atoms with van der Waals surface area (Å²) in [6.45, 7) is 2.49. The topological polar surface area (TPSA) is 38.0 Å². The monoisotopic (exact) mass is 302 g/mol. The maximum absolute atomic E-state index is 13.6. The van der Waals surface area contributed by atoms with Crippen molar-refractivity contribution in [3.05, 3.63) is 53.6 Å². The normalized spacial score (nSPS) is 11.3. The molecule has 0 atom stereocenters. The molecular weight excluding hydrogens is 286 g/mol. The van der Waals surface area contributed by atoms with Crippen LogP contribution in [0.3, 0.4) is 0 Å². The Bertz CT molecular complexity index is 827. The van der Waals surface area contributed by atoms with Gasteiger partial charge in [-0.1, -0.05) is 23.8 Å². The first-order chi connectivity index (χ1) is 10.6. The summed E-state index contributed by atoms with van der Waals surface area (Å²) in [5, 5.41) is 9.07. The highest BCUT2D eigenvalue weighted by Crippen LogP contribution is 2.27. The third kappa shape index (κ3) is 2.60. The molecule has 5 heteroatoms. The zero-order valence-corrected chi connectivity index (χ0v) is 12.2. The third-order valence-corrected chi connectivity index (χ3v) is 3.61. The lowest BCUT2D eigenvalue weighted by molar-refractivity contribution is 0.281. The Morgan fingerprint density at radius 2 is 1.91 bits per heavy atom. The Balaban J connectivity index is 2.23. The predicted molar refractivity (Wildman–Crippen MR) is 81.5 cm³/mol. The highest BCUT2D eigenvalue weighted by Gasteiger charge is 2.15. The lowest BCUT2D eigenvalue weighted by atomic mass is 10.1. The highest BCUT2D eigenvalue weighted by atomic mass is 19.2. The lowest BCUT2D eigenvalue weighted by Crippen LogP contribution is -2.03. The minimum Gasteiger partial charge on any atom is -0.396 e. The largest absolute Gasteiger partial charge is 0.396 e. The molecule has 22 heavy (non-hydrogen) atoms. The van der Waals surface area contributed by atoms with Crippen LogP contribution in [0, 0.1) is 18.6 Å². The van der Waals surface area contributed by atoms with Crippen molar-refractivity contribution >= 4 is 11.0 Å². The molecule has 3 nitrogen and oxygen atoms in total. The molecule has 0 radical (unpaired) electrons. The van der Waals surface area contributed by atoms with E-state index in [2.05, 4.69) is 4.98 Å². The summed E-state index contributed by atoms with van der Waals surface area (Å²) in [6, 6.07) is 10.1. The van der Waals surface area contributed by atoms with Gasteiger partial charge in [0.1, 0.15) is 5.82 Å². The van der Waals surface area contributed by atoms with Gasteiger partial charge in [-0.3, -0.25) is 0 Å². The second-order valence-electron chi connectivity index (χ2n) is 5.29. The van der Waals surface area contributed by atoms with E-state index < -0.39 is 11.6 Å².